The highest BCUT2D eigenvalue weighted by molar-refractivity contribution is 6.45. The molecule has 0 unspecified atom stereocenters. The molecule has 0 saturated heterocycles. The Balaban J connectivity index is 1.57. The summed E-state index contributed by atoms with van der Waals surface area (Å²) in [6.07, 6.45) is 6.87. The van der Waals surface area contributed by atoms with Crippen LogP contribution in [0.1, 0.15) is 35.3 Å². The number of primary amides is 1. The molecule has 2 amide bonds. The fourth-order valence-electron chi connectivity index (χ4n) is 5.10. The number of benzene rings is 3. The van der Waals surface area contributed by atoms with Gasteiger partial charge >= 0.3 is 11.7 Å². The van der Waals surface area contributed by atoms with Gasteiger partial charge < -0.3 is 15.8 Å². The number of aromatic amines is 1. The van der Waals surface area contributed by atoms with Crippen LogP contribution < -0.4 is 15.5 Å². The molecule has 0 fully saturated rings. The highest BCUT2D eigenvalue weighted by Gasteiger charge is 2.39. The molecule has 0 saturated carbocycles. The molecule has 6 rings (SSSR count). The number of rotatable bonds is 4. The Morgan fingerprint density at radius 2 is 1.92 bits per heavy atom. The van der Waals surface area contributed by atoms with Crippen molar-refractivity contribution in [1.82, 2.24) is 9.88 Å². The van der Waals surface area contributed by atoms with Crippen LogP contribution in [-0.2, 0) is 10.4 Å². The summed E-state index contributed by atoms with van der Waals surface area (Å²) in [6, 6.07) is 15.2. The predicted octanol–water partition coefficient (Wildman–Crippen LogP) is 4.46. The number of nitrogens with zero attached hydrogens (tertiary/aromatic N) is 3. The average Bonchev–Trinajstić information content (AvgIpc) is 3.48. The summed E-state index contributed by atoms with van der Waals surface area (Å²) in [5.74, 6) is -0.399. The molecule has 8 nitrogen and oxygen atoms in total. The fraction of sp³-hybridized carbons (Fsp3) is 0.138. The first-order valence-corrected chi connectivity index (χ1v) is 11.9. The van der Waals surface area contributed by atoms with Gasteiger partial charge in [-0.15, -0.1) is 0 Å². The standard InChI is InChI=1S/C29H25N5O3/c1-16-18(5-4-6-23(16)34-14-13-33-12-11-31-27(33)28(34)36)19-9-10-21(26(30)35)25-24(19)20-8-7-17(29(2,3)37)15-22(20)32-25/h4-15,32,37H,1-3H3,(H2,30,35)/q+1. The minimum absolute atomic E-state index is 0.215. The maximum Gasteiger partial charge on any atom is 0.354 e. The number of aliphatic hydroxyl groups is 1. The minimum Gasteiger partial charge on any atom is -0.386 e. The Bertz CT molecular complexity index is 1740. The number of aliphatic imine (C=N–C) groups is 1. The lowest BCUT2D eigenvalue weighted by Crippen LogP contribution is -2.44. The number of fused-ring (bicyclic) bond motifs is 4. The van der Waals surface area contributed by atoms with Gasteiger partial charge in [-0.2, -0.15) is 4.99 Å². The number of amidine groups is 1. The van der Waals surface area contributed by atoms with Gasteiger partial charge in [0.15, 0.2) is 12.4 Å². The van der Waals surface area contributed by atoms with E-state index < -0.39 is 11.5 Å². The van der Waals surface area contributed by atoms with Crippen LogP contribution in [0, 0.1) is 6.92 Å². The average molecular weight is 492 g/mol. The number of carbonyl (C=O) groups excluding carboxylic acids is 2. The SMILES string of the molecule is Cc1c(-c2ccc(C(N)=O)c3[nH]c4cc(C(C)(C)O)ccc4c23)cccc1N1C=C[N+]2C=CN=C2C1=O. The second-order valence-corrected chi connectivity index (χ2v) is 9.80. The molecule has 0 atom stereocenters. The van der Waals surface area contributed by atoms with Gasteiger partial charge in [-0.3, -0.25) is 14.5 Å². The Morgan fingerprint density at radius 1 is 1.11 bits per heavy atom. The maximum atomic E-state index is 13.2. The van der Waals surface area contributed by atoms with Crippen LogP contribution in [0.25, 0.3) is 32.9 Å². The number of hydrogen-bond acceptors (Lipinski definition) is 5. The number of nitrogens with two attached hydrogens (primary N) is 1. The molecule has 183 valence electrons. The Morgan fingerprint density at radius 3 is 2.68 bits per heavy atom. The Kier molecular flexibility index (Phi) is 4.95. The van der Waals surface area contributed by atoms with E-state index in [1.807, 2.05) is 49.4 Å². The van der Waals surface area contributed by atoms with Crippen molar-refractivity contribution in [3.8, 4) is 11.1 Å². The monoisotopic (exact) mass is 491 g/mol. The second kappa shape index (κ2) is 7.99. The molecule has 8 heteroatoms. The number of anilines is 1. The van der Waals surface area contributed by atoms with Crippen LogP contribution >= 0.6 is 0 Å². The second-order valence-electron chi connectivity index (χ2n) is 9.80. The molecular weight excluding hydrogens is 466 g/mol. The molecule has 1 aromatic heterocycles. The zero-order chi connectivity index (χ0) is 26.1. The van der Waals surface area contributed by atoms with E-state index in [1.54, 1.807) is 54.5 Å². The molecule has 3 heterocycles. The number of hydrogen-bond donors (Lipinski definition) is 3. The Labute approximate surface area is 213 Å². The number of aromatic nitrogens is 1. The third-order valence-electron chi connectivity index (χ3n) is 7.04. The van der Waals surface area contributed by atoms with E-state index in [1.165, 1.54) is 0 Å². The van der Waals surface area contributed by atoms with Crippen LogP contribution in [0.4, 0.5) is 5.69 Å². The quantitative estimate of drug-likeness (QED) is 0.366. The normalized spacial score (nSPS) is 15.6. The van der Waals surface area contributed by atoms with Gasteiger partial charge in [-0.25, -0.2) is 0 Å². The molecule has 37 heavy (non-hydrogen) atoms. The van der Waals surface area contributed by atoms with Gasteiger partial charge in [-0.05, 0) is 66.1 Å². The molecule has 1 radical (unpaired) electrons. The summed E-state index contributed by atoms with van der Waals surface area (Å²) in [4.78, 5) is 36.3. The highest BCUT2D eigenvalue weighted by Crippen LogP contribution is 2.40. The molecule has 0 spiro atoms. The summed E-state index contributed by atoms with van der Waals surface area (Å²) >= 11 is 0. The van der Waals surface area contributed by atoms with E-state index >= 15 is 0 Å². The predicted molar refractivity (Wildman–Crippen MR) is 145 cm³/mol. The van der Waals surface area contributed by atoms with Crippen molar-refractivity contribution in [2.75, 3.05) is 4.90 Å². The fourth-order valence-corrected chi connectivity index (χ4v) is 5.10. The van der Waals surface area contributed by atoms with Crippen molar-refractivity contribution in [1.29, 1.82) is 0 Å². The summed E-state index contributed by atoms with van der Waals surface area (Å²) in [7, 11) is 0. The van der Waals surface area contributed by atoms with Crippen LogP contribution in [0.3, 0.4) is 0 Å². The van der Waals surface area contributed by atoms with E-state index in [0.717, 1.165) is 44.2 Å². The van der Waals surface area contributed by atoms with E-state index in [4.69, 9.17) is 5.73 Å². The third-order valence-corrected chi connectivity index (χ3v) is 7.04. The number of carbonyl (C=O) groups is 2. The topological polar surface area (TPSA) is 118 Å². The lowest BCUT2D eigenvalue weighted by atomic mass is 9.92. The number of H-pyrrole nitrogens is 1. The zero-order valence-electron chi connectivity index (χ0n) is 20.6. The van der Waals surface area contributed by atoms with Crippen LogP contribution in [0.5, 0.6) is 0 Å². The van der Waals surface area contributed by atoms with Crippen LogP contribution in [-0.4, -0.2) is 27.7 Å². The van der Waals surface area contributed by atoms with Crippen molar-refractivity contribution in [3.05, 3.63) is 90.0 Å². The van der Waals surface area contributed by atoms with Gasteiger partial charge in [0, 0.05) is 16.3 Å². The Hall–Kier alpha value is -4.53. The van der Waals surface area contributed by atoms with Crippen molar-refractivity contribution >= 4 is 45.1 Å². The lowest BCUT2D eigenvalue weighted by Gasteiger charge is -2.23. The highest BCUT2D eigenvalue weighted by atomic mass is 16.3. The molecule has 4 N–H and O–H groups in total. The molecular formula is C29H25N5O3+. The first kappa shape index (κ1) is 22.9. The number of nitrogens with one attached hydrogen (secondary N) is 1. The molecule has 2 aliphatic rings. The summed E-state index contributed by atoms with van der Waals surface area (Å²) in [5.41, 5.74) is 10.7. The van der Waals surface area contributed by atoms with Crippen molar-refractivity contribution in [2.24, 2.45) is 10.7 Å². The molecule has 0 aliphatic carbocycles. The molecule has 2 aliphatic heterocycles. The van der Waals surface area contributed by atoms with E-state index in [2.05, 4.69) is 9.98 Å². The molecule has 0 bridgehead atoms. The maximum absolute atomic E-state index is 13.2. The first-order chi connectivity index (χ1) is 17.6. The lowest BCUT2D eigenvalue weighted by molar-refractivity contribution is -0.112. The van der Waals surface area contributed by atoms with Crippen molar-refractivity contribution in [2.45, 2.75) is 26.4 Å². The van der Waals surface area contributed by atoms with Gasteiger partial charge in [0.25, 0.3) is 5.91 Å². The third kappa shape index (κ3) is 3.49. The minimum atomic E-state index is -1.02. The van der Waals surface area contributed by atoms with Gasteiger partial charge in [0.1, 0.15) is 0 Å². The van der Waals surface area contributed by atoms with Crippen LogP contribution in [0.15, 0.2) is 78.3 Å². The summed E-state index contributed by atoms with van der Waals surface area (Å²) < 4.78 is 0. The number of amides is 2. The van der Waals surface area contributed by atoms with E-state index in [-0.39, 0.29) is 5.91 Å². The van der Waals surface area contributed by atoms with Crippen molar-refractivity contribution in [3.63, 3.8) is 0 Å². The van der Waals surface area contributed by atoms with Gasteiger partial charge in [-0.1, -0.05) is 30.3 Å². The largest absolute Gasteiger partial charge is 0.386 e. The molecule has 4 aromatic rings. The zero-order valence-corrected chi connectivity index (χ0v) is 20.6. The summed E-state index contributed by atoms with van der Waals surface area (Å²) in [6.45, 7) is 5.44. The smallest absolute Gasteiger partial charge is 0.354 e. The van der Waals surface area contributed by atoms with Crippen molar-refractivity contribution < 1.29 is 14.7 Å². The molecule has 3 aromatic carbocycles. The summed E-state index contributed by atoms with van der Waals surface area (Å²) in [5, 5.41) is 12.3. The first-order valence-electron chi connectivity index (χ1n) is 11.9. The van der Waals surface area contributed by atoms with Gasteiger partial charge in [0.05, 0.1) is 34.8 Å². The van der Waals surface area contributed by atoms with E-state index in [0.29, 0.717) is 16.9 Å². The van der Waals surface area contributed by atoms with Gasteiger partial charge in [0.2, 0.25) is 0 Å². The van der Waals surface area contributed by atoms with E-state index in [9.17, 15) is 14.7 Å². The van der Waals surface area contributed by atoms with Crippen LogP contribution in [0.2, 0.25) is 0 Å².